The summed E-state index contributed by atoms with van der Waals surface area (Å²) in [7, 11) is 0. The van der Waals surface area contributed by atoms with Crippen molar-refractivity contribution in [3.63, 3.8) is 0 Å². The largest absolute Gasteiger partial charge is 0.348 e. The van der Waals surface area contributed by atoms with Gasteiger partial charge in [-0.1, -0.05) is 12.8 Å². The molecule has 1 saturated carbocycles. The van der Waals surface area contributed by atoms with E-state index in [2.05, 4.69) is 29.1 Å². The minimum atomic E-state index is 0.353. The molecule has 14 heavy (non-hydrogen) atoms. The summed E-state index contributed by atoms with van der Waals surface area (Å²) in [5, 5.41) is 3.62. The van der Waals surface area contributed by atoms with Crippen molar-refractivity contribution in [2.24, 2.45) is 0 Å². The molecule has 1 aromatic rings. The van der Waals surface area contributed by atoms with Crippen LogP contribution < -0.4 is 5.32 Å². The molecule has 3 nitrogen and oxygen atoms in total. The van der Waals surface area contributed by atoms with Gasteiger partial charge in [-0.25, -0.2) is 4.98 Å². The molecule has 0 unspecified atom stereocenters. The molecule has 0 atom stereocenters. The van der Waals surface area contributed by atoms with Crippen LogP contribution in [0.5, 0.6) is 0 Å². The van der Waals surface area contributed by atoms with E-state index >= 15 is 0 Å². The highest BCUT2D eigenvalue weighted by Crippen LogP contribution is 2.29. The highest BCUT2D eigenvalue weighted by molar-refractivity contribution is 5.09. The summed E-state index contributed by atoms with van der Waals surface area (Å²) >= 11 is 0. The first kappa shape index (κ1) is 9.71. The molecule has 1 aliphatic carbocycles. The summed E-state index contributed by atoms with van der Waals surface area (Å²) in [5.41, 5.74) is 2.68. The third-order valence-electron chi connectivity index (χ3n) is 3.32. The lowest BCUT2D eigenvalue weighted by atomic mass is 10.0. The van der Waals surface area contributed by atoms with Crippen LogP contribution in [0.3, 0.4) is 0 Å². The molecule has 0 bridgehead atoms. The number of hydrogen-bond acceptors (Lipinski definition) is 2. The molecule has 1 heterocycles. The van der Waals surface area contributed by atoms with Crippen molar-refractivity contribution in [3.8, 4) is 0 Å². The third kappa shape index (κ3) is 1.98. The van der Waals surface area contributed by atoms with Crippen molar-refractivity contribution in [2.75, 3.05) is 0 Å². The van der Waals surface area contributed by atoms with E-state index in [1.807, 2.05) is 0 Å². The molecular weight excluding hydrogens is 174 g/mol. The van der Waals surface area contributed by atoms with Gasteiger partial charge >= 0.3 is 0 Å². The molecule has 1 aromatic heterocycles. The minimum absolute atomic E-state index is 0.353. The van der Waals surface area contributed by atoms with Crippen LogP contribution in [0.4, 0.5) is 0 Å². The number of aromatic nitrogens is 2. The monoisotopic (exact) mass is 193 g/mol. The predicted octanol–water partition coefficient (Wildman–Crippen LogP) is 2.14. The highest BCUT2D eigenvalue weighted by atomic mass is 15.0. The van der Waals surface area contributed by atoms with Gasteiger partial charge in [0.05, 0.1) is 12.0 Å². The molecule has 0 saturated heterocycles. The summed E-state index contributed by atoms with van der Waals surface area (Å²) in [4.78, 5) is 7.40. The molecule has 78 valence electrons. The lowest BCUT2D eigenvalue weighted by molar-refractivity contribution is 0.360. The van der Waals surface area contributed by atoms with Crippen LogP contribution in [-0.4, -0.2) is 15.5 Å². The van der Waals surface area contributed by atoms with Crippen molar-refractivity contribution >= 4 is 0 Å². The van der Waals surface area contributed by atoms with Crippen LogP contribution >= 0.6 is 0 Å². The van der Waals surface area contributed by atoms with E-state index in [4.69, 9.17) is 0 Å². The Labute approximate surface area is 85.3 Å². The van der Waals surface area contributed by atoms with Gasteiger partial charge < -0.3 is 10.3 Å². The Morgan fingerprint density at radius 2 is 2.21 bits per heavy atom. The van der Waals surface area contributed by atoms with Crippen LogP contribution in [0.1, 0.15) is 44.0 Å². The first-order valence-corrected chi connectivity index (χ1v) is 5.43. The van der Waals surface area contributed by atoms with Crippen LogP contribution in [0.2, 0.25) is 0 Å². The standard InChI is InChI=1S/C11H19N3/c1-9-10(13-8-12-9)7-14-11(2)5-3-4-6-11/h8,14H,3-7H2,1-2H3,(H,12,13). The van der Waals surface area contributed by atoms with Crippen LogP contribution in [0.15, 0.2) is 6.33 Å². The Kier molecular flexibility index (Phi) is 2.59. The number of hydrogen-bond donors (Lipinski definition) is 2. The molecule has 0 amide bonds. The van der Waals surface area contributed by atoms with E-state index in [0.717, 1.165) is 12.2 Å². The second-order valence-corrected chi connectivity index (χ2v) is 4.60. The number of aryl methyl sites for hydroxylation is 1. The van der Waals surface area contributed by atoms with E-state index in [1.54, 1.807) is 6.33 Å². The zero-order valence-corrected chi connectivity index (χ0v) is 9.06. The average Bonchev–Trinajstić information content (AvgIpc) is 2.73. The van der Waals surface area contributed by atoms with Gasteiger partial charge in [0.25, 0.3) is 0 Å². The molecular formula is C11H19N3. The summed E-state index contributed by atoms with van der Waals surface area (Å²) in [5.74, 6) is 0. The average molecular weight is 193 g/mol. The Balaban J connectivity index is 1.91. The van der Waals surface area contributed by atoms with Gasteiger partial charge in [-0.05, 0) is 26.7 Å². The van der Waals surface area contributed by atoms with Crippen LogP contribution in [0, 0.1) is 6.92 Å². The maximum absolute atomic E-state index is 4.29. The fraction of sp³-hybridized carbons (Fsp3) is 0.727. The third-order valence-corrected chi connectivity index (χ3v) is 3.32. The Morgan fingerprint density at radius 1 is 1.50 bits per heavy atom. The number of rotatable bonds is 3. The van der Waals surface area contributed by atoms with E-state index in [0.29, 0.717) is 5.54 Å². The Hall–Kier alpha value is -0.830. The minimum Gasteiger partial charge on any atom is -0.348 e. The Morgan fingerprint density at radius 3 is 2.79 bits per heavy atom. The number of imidazole rings is 1. The number of nitrogens with one attached hydrogen (secondary N) is 2. The topological polar surface area (TPSA) is 40.7 Å². The summed E-state index contributed by atoms with van der Waals surface area (Å²) in [6.45, 7) is 5.29. The molecule has 0 spiro atoms. The normalized spacial score (nSPS) is 20.1. The van der Waals surface area contributed by atoms with Gasteiger partial charge in [-0.2, -0.15) is 0 Å². The van der Waals surface area contributed by atoms with Crippen LogP contribution in [0.25, 0.3) is 0 Å². The smallest absolute Gasteiger partial charge is 0.0925 e. The van der Waals surface area contributed by atoms with E-state index in [1.165, 1.54) is 31.4 Å². The van der Waals surface area contributed by atoms with Crippen molar-refractivity contribution in [1.82, 2.24) is 15.3 Å². The quantitative estimate of drug-likeness (QED) is 0.772. The lowest BCUT2D eigenvalue weighted by Gasteiger charge is -2.24. The van der Waals surface area contributed by atoms with Crippen molar-refractivity contribution in [3.05, 3.63) is 17.7 Å². The van der Waals surface area contributed by atoms with Gasteiger partial charge in [0, 0.05) is 17.8 Å². The second kappa shape index (κ2) is 3.73. The fourth-order valence-electron chi connectivity index (χ4n) is 2.19. The zero-order chi connectivity index (χ0) is 10.0. The first-order chi connectivity index (χ1) is 6.70. The molecule has 0 radical (unpaired) electrons. The molecule has 3 heteroatoms. The molecule has 1 fully saturated rings. The van der Waals surface area contributed by atoms with Crippen molar-refractivity contribution in [1.29, 1.82) is 0 Å². The summed E-state index contributed by atoms with van der Waals surface area (Å²) in [6.07, 6.45) is 7.10. The molecule has 0 aromatic carbocycles. The molecule has 2 N–H and O–H groups in total. The van der Waals surface area contributed by atoms with Crippen molar-refractivity contribution in [2.45, 2.75) is 51.6 Å². The summed E-state index contributed by atoms with van der Waals surface area (Å²) in [6, 6.07) is 0. The number of H-pyrrole nitrogens is 1. The van der Waals surface area contributed by atoms with Gasteiger partial charge in [0.1, 0.15) is 0 Å². The van der Waals surface area contributed by atoms with E-state index in [9.17, 15) is 0 Å². The van der Waals surface area contributed by atoms with E-state index in [-0.39, 0.29) is 0 Å². The maximum atomic E-state index is 4.29. The molecule has 2 rings (SSSR count). The molecule has 0 aliphatic heterocycles. The van der Waals surface area contributed by atoms with Gasteiger partial charge in [0.2, 0.25) is 0 Å². The summed E-state index contributed by atoms with van der Waals surface area (Å²) < 4.78 is 0. The number of nitrogens with zero attached hydrogens (tertiary/aromatic N) is 1. The van der Waals surface area contributed by atoms with Gasteiger partial charge in [0.15, 0.2) is 0 Å². The first-order valence-electron chi connectivity index (χ1n) is 5.43. The molecule has 1 aliphatic rings. The zero-order valence-electron chi connectivity index (χ0n) is 9.06. The number of aromatic amines is 1. The highest BCUT2D eigenvalue weighted by Gasteiger charge is 2.27. The lowest BCUT2D eigenvalue weighted by Crippen LogP contribution is -2.39. The second-order valence-electron chi connectivity index (χ2n) is 4.60. The van der Waals surface area contributed by atoms with Crippen LogP contribution in [-0.2, 0) is 6.54 Å². The fourth-order valence-corrected chi connectivity index (χ4v) is 2.19. The SMILES string of the molecule is Cc1[nH]cnc1CNC1(C)CCCC1. The predicted molar refractivity (Wildman–Crippen MR) is 57.0 cm³/mol. The Bertz CT molecular complexity index is 297. The van der Waals surface area contributed by atoms with E-state index < -0.39 is 0 Å². The van der Waals surface area contributed by atoms with Gasteiger partial charge in [-0.3, -0.25) is 0 Å². The van der Waals surface area contributed by atoms with Crippen molar-refractivity contribution < 1.29 is 0 Å². The van der Waals surface area contributed by atoms with Gasteiger partial charge in [-0.15, -0.1) is 0 Å². The maximum Gasteiger partial charge on any atom is 0.0925 e.